The van der Waals surface area contributed by atoms with E-state index in [1.54, 1.807) is 12.1 Å². The number of non-ortho nitro benzene ring substituents is 1. The maximum atomic E-state index is 12.5. The van der Waals surface area contributed by atoms with Gasteiger partial charge in [-0.05, 0) is 85.8 Å². The molecule has 29 heavy (non-hydrogen) atoms. The van der Waals surface area contributed by atoms with E-state index in [-0.39, 0.29) is 17.6 Å². The normalized spacial score (nSPS) is 37.9. The largest absolute Gasteiger partial charge is 0.271 e. The first kappa shape index (κ1) is 18.7. The van der Waals surface area contributed by atoms with E-state index in [4.69, 9.17) is 0 Å². The molecule has 1 aromatic carbocycles. The summed E-state index contributed by atoms with van der Waals surface area (Å²) in [4.78, 5) is 22.8. The van der Waals surface area contributed by atoms with E-state index in [0.717, 1.165) is 24.2 Å². The summed E-state index contributed by atoms with van der Waals surface area (Å²) in [5.41, 5.74) is 10.3. The molecule has 0 radical (unpaired) electrons. The number of carbonyl (C=O) groups excluding carboxylic acids is 1. The first-order valence-electron chi connectivity index (χ1n) is 10.6. The third kappa shape index (κ3) is 3.55. The molecule has 1 heterocycles. The summed E-state index contributed by atoms with van der Waals surface area (Å²) >= 11 is 0. The summed E-state index contributed by atoms with van der Waals surface area (Å²) in [7, 11) is 0. The van der Waals surface area contributed by atoms with Gasteiger partial charge < -0.3 is 0 Å². The van der Waals surface area contributed by atoms with Crippen LogP contribution in [0.25, 0.3) is 0 Å². The van der Waals surface area contributed by atoms with Gasteiger partial charge in [0.15, 0.2) is 0 Å². The summed E-state index contributed by atoms with van der Waals surface area (Å²) in [6, 6.07) is 6.11. The Bertz CT molecular complexity index is 802. The molecule has 4 aliphatic carbocycles. The van der Waals surface area contributed by atoms with Crippen molar-refractivity contribution in [3.8, 4) is 0 Å². The van der Waals surface area contributed by atoms with Crippen molar-refractivity contribution in [2.24, 2.45) is 28.3 Å². The third-order valence-electron chi connectivity index (χ3n) is 7.54. The van der Waals surface area contributed by atoms with E-state index in [2.05, 4.69) is 21.4 Å². The first-order valence-corrected chi connectivity index (χ1v) is 10.6. The van der Waals surface area contributed by atoms with Crippen LogP contribution < -0.4 is 16.3 Å². The first-order chi connectivity index (χ1) is 14.0. The average Bonchev–Trinajstić information content (AvgIpc) is 3.18. The van der Waals surface area contributed by atoms with E-state index < -0.39 is 4.92 Å². The number of hydrazine groups is 1. The molecule has 0 aromatic heterocycles. The summed E-state index contributed by atoms with van der Waals surface area (Å²) in [6.45, 7) is 0. The molecular formula is C21H27N5O3. The van der Waals surface area contributed by atoms with Gasteiger partial charge in [0.25, 0.3) is 11.6 Å². The van der Waals surface area contributed by atoms with Gasteiger partial charge in [0.05, 0.1) is 11.1 Å². The Morgan fingerprint density at radius 2 is 1.69 bits per heavy atom. The molecule has 1 saturated heterocycles. The molecule has 1 aliphatic heterocycles. The van der Waals surface area contributed by atoms with Crippen LogP contribution in [0.15, 0.2) is 29.4 Å². The second kappa shape index (κ2) is 7.18. The number of amides is 1. The summed E-state index contributed by atoms with van der Waals surface area (Å²) < 4.78 is 0. The van der Waals surface area contributed by atoms with Crippen molar-refractivity contribution in [2.75, 3.05) is 0 Å². The number of rotatable bonds is 5. The highest BCUT2D eigenvalue weighted by Gasteiger charge is 2.55. The van der Waals surface area contributed by atoms with Crippen LogP contribution in [-0.2, 0) is 4.79 Å². The van der Waals surface area contributed by atoms with Crippen LogP contribution in [0, 0.1) is 33.3 Å². The summed E-state index contributed by atoms with van der Waals surface area (Å²) in [5, 5.41) is 14.7. The number of hydrazone groups is 1. The molecule has 1 aromatic rings. The number of hydrogen-bond acceptors (Lipinski definition) is 6. The van der Waals surface area contributed by atoms with Crippen molar-refractivity contribution in [1.29, 1.82) is 0 Å². The van der Waals surface area contributed by atoms with Crippen molar-refractivity contribution in [2.45, 2.75) is 57.0 Å². The molecule has 8 nitrogen and oxygen atoms in total. The SMILES string of the molecule is O=C(N/N=C/c1ccc([N+](=O)[O-])cc1)C1CC(C23CC4CC(CC(C4)C2)C3)NN1. The highest BCUT2D eigenvalue weighted by molar-refractivity contribution is 5.85. The maximum absolute atomic E-state index is 12.5. The molecule has 5 aliphatic rings. The Balaban J connectivity index is 1.16. The highest BCUT2D eigenvalue weighted by atomic mass is 16.6. The molecule has 1 amide bonds. The van der Waals surface area contributed by atoms with Crippen molar-refractivity contribution >= 4 is 17.8 Å². The summed E-state index contributed by atoms with van der Waals surface area (Å²) in [5.74, 6) is 2.52. The fourth-order valence-electron chi connectivity index (χ4n) is 6.67. The van der Waals surface area contributed by atoms with Gasteiger partial charge in [-0.2, -0.15) is 5.10 Å². The molecule has 4 saturated carbocycles. The quantitative estimate of drug-likeness (QED) is 0.402. The molecule has 6 rings (SSSR count). The number of benzene rings is 1. The second-order valence-electron chi connectivity index (χ2n) is 9.49. The molecule has 2 unspecified atom stereocenters. The molecule has 2 atom stereocenters. The van der Waals surface area contributed by atoms with Crippen LogP contribution in [0.1, 0.15) is 50.5 Å². The van der Waals surface area contributed by atoms with Gasteiger partial charge in [0.2, 0.25) is 0 Å². The van der Waals surface area contributed by atoms with E-state index in [1.165, 1.54) is 56.9 Å². The number of nitro benzene ring substituents is 1. The minimum Gasteiger partial charge on any atom is -0.271 e. The Morgan fingerprint density at radius 1 is 1.07 bits per heavy atom. The zero-order valence-corrected chi connectivity index (χ0v) is 16.3. The van der Waals surface area contributed by atoms with E-state index in [1.807, 2.05) is 0 Å². The number of nitrogens with one attached hydrogen (secondary N) is 3. The monoisotopic (exact) mass is 397 g/mol. The lowest BCUT2D eigenvalue weighted by atomic mass is 9.47. The molecule has 3 N–H and O–H groups in total. The predicted molar refractivity (Wildman–Crippen MR) is 108 cm³/mol. The molecule has 5 fully saturated rings. The van der Waals surface area contributed by atoms with Crippen LogP contribution in [0.4, 0.5) is 5.69 Å². The number of hydrogen-bond donors (Lipinski definition) is 3. The molecule has 154 valence electrons. The van der Waals surface area contributed by atoms with Crippen LogP contribution in [0.2, 0.25) is 0 Å². The fraction of sp³-hybridized carbons (Fsp3) is 0.619. The molecular weight excluding hydrogens is 370 g/mol. The Morgan fingerprint density at radius 3 is 2.28 bits per heavy atom. The fourth-order valence-corrected chi connectivity index (χ4v) is 6.67. The topological polar surface area (TPSA) is 109 Å². The second-order valence-corrected chi connectivity index (χ2v) is 9.49. The van der Waals surface area contributed by atoms with Gasteiger partial charge in [-0.25, -0.2) is 10.9 Å². The standard InChI is InChI=1S/C21H27N5O3/c27-20(25-22-12-13-1-3-17(4-2-13)26(28)29)18-8-19(24-23-18)21-9-14-5-15(10-21)7-16(6-14)11-21/h1-4,12,14-16,18-19,23-24H,5-11H2,(H,25,27)/b22-12+. The van der Waals surface area contributed by atoms with Crippen LogP contribution >= 0.6 is 0 Å². The highest BCUT2D eigenvalue weighted by Crippen LogP contribution is 2.61. The van der Waals surface area contributed by atoms with Crippen LogP contribution in [-0.4, -0.2) is 29.1 Å². The van der Waals surface area contributed by atoms with Gasteiger partial charge in [0, 0.05) is 18.2 Å². The zero-order chi connectivity index (χ0) is 20.0. The predicted octanol–water partition coefficient (Wildman–Crippen LogP) is 2.50. The Hall–Kier alpha value is -2.32. The Labute approximate surface area is 169 Å². The minimum absolute atomic E-state index is 0.0307. The van der Waals surface area contributed by atoms with Crippen molar-refractivity contribution in [1.82, 2.24) is 16.3 Å². The lowest BCUT2D eigenvalue weighted by Gasteiger charge is -2.59. The molecule has 8 heteroatoms. The maximum Gasteiger partial charge on any atom is 0.269 e. The zero-order valence-electron chi connectivity index (χ0n) is 16.3. The van der Waals surface area contributed by atoms with Crippen LogP contribution in [0.3, 0.4) is 0 Å². The summed E-state index contributed by atoms with van der Waals surface area (Å²) in [6.07, 6.45) is 10.5. The lowest BCUT2D eigenvalue weighted by Crippen LogP contribution is -2.55. The number of carbonyl (C=O) groups is 1. The van der Waals surface area contributed by atoms with E-state index in [9.17, 15) is 14.9 Å². The van der Waals surface area contributed by atoms with Gasteiger partial charge in [0.1, 0.15) is 6.04 Å². The number of nitrogens with zero attached hydrogens (tertiary/aromatic N) is 2. The number of nitro groups is 1. The Kier molecular flexibility index (Phi) is 4.63. The van der Waals surface area contributed by atoms with Crippen molar-refractivity contribution in [3.05, 3.63) is 39.9 Å². The minimum atomic E-state index is -0.443. The van der Waals surface area contributed by atoms with E-state index >= 15 is 0 Å². The molecule has 4 bridgehead atoms. The van der Waals surface area contributed by atoms with Crippen molar-refractivity contribution in [3.63, 3.8) is 0 Å². The lowest BCUT2D eigenvalue weighted by molar-refractivity contribution is -0.384. The molecule has 0 spiro atoms. The average molecular weight is 397 g/mol. The van der Waals surface area contributed by atoms with Crippen LogP contribution in [0.5, 0.6) is 0 Å². The smallest absolute Gasteiger partial charge is 0.269 e. The van der Waals surface area contributed by atoms with Gasteiger partial charge >= 0.3 is 0 Å². The van der Waals surface area contributed by atoms with Gasteiger partial charge in [-0.3, -0.25) is 20.3 Å². The third-order valence-corrected chi connectivity index (χ3v) is 7.54. The van der Waals surface area contributed by atoms with Gasteiger partial charge in [-0.15, -0.1) is 0 Å². The van der Waals surface area contributed by atoms with E-state index in [0.29, 0.717) is 17.0 Å². The van der Waals surface area contributed by atoms with Gasteiger partial charge in [-0.1, -0.05) is 0 Å². The van der Waals surface area contributed by atoms with Crippen molar-refractivity contribution < 1.29 is 9.72 Å².